The third-order valence-corrected chi connectivity index (χ3v) is 10.3. The van der Waals surface area contributed by atoms with E-state index >= 15 is 0 Å². The fourth-order valence-electron chi connectivity index (χ4n) is 5.94. The Bertz CT molecular complexity index is 2290. The molecule has 252 valence electrons. The van der Waals surface area contributed by atoms with Crippen molar-refractivity contribution in [3.05, 3.63) is 126 Å². The van der Waals surface area contributed by atoms with Crippen molar-refractivity contribution in [1.82, 2.24) is 10.2 Å². The van der Waals surface area contributed by atoms with Crippen molar-refractivity contribution in [3.8, 4) is 17.2 Å². The lowest BCUT2D eigenvalue weighted by molar-refractivity contribution is -0.117. The lowest BCUT2D eigenvalue weighted by Crippen LogP contribution is -2.31. The third-order valence-electron chi connectivity index (χ3n) is 8.18. The van der Waals surface area contributed by atoms with Gasteiger partial charge in [0.25, 0.3) is 5.91 Å². The second kappa shape index (κ2) is 14.1. The topological polar surface area (TPSA) is 124 Å². The van der Waals surface area contributed by atoms with Crippen LogP contribution < -0.4 is 19.1 Å². The van der Waals surface area contributed by atoms with Crippen molar-refractivity contribution >= 4 is 61.7 Å². The molecule has 1 unspecified atom stereocenters. The van der Waals surface area contributed by atoms with Crippen LogP contribution in [0.1, 0.15) is 34.6 Å². The van der Waals surface area contributed by atoms with Gasteiger partial charge in [-0.15, -0.1) is 10.2 Å². The summed E-state index contributed by atoms with van der Waals surface area (Å²) in [6, 6.07) is 25.2. The van der Waals surface area contributed by atoms with Crippen LogP contribution in [0.25, 0.3) is 21.7 Å². The molecule has 2 aromatic heterocycles. The number of hydrogen-bond donors (Lipinski definition) is 1. The van der Waals surface area contributed by atoms with Crippen molar-refractivity contribution < 1.29 is 33.3 Å². The van der Waals surface area contributed by atoms with Gasteiger partial charge in [-0.1, -0.05) is 96.4 Å². The van der Waals surface area contributed by atoms with Crippen LogP contribution in [-0.2, 0) is 10.5 Å². The van der Waals surface area contributed by atoms with E-state index in [0.717, 1.165) is 16.3 Å². The lowest BCUT2D eigenvalue weighted by Gasteiger charge is -2.24. The molecule has 0 fully saturated rings. The summed E-state index contributed by atoms with van der Waals surface area (Å²) in [5, 5.41) is 23.3. The molecule has 0 spiro atoms. The average molecular weight is 706 g/mol. The fourth-order valence-corrected chi connectivity index (χ4v) is 7.81. The van der Waals surface area contributed by atoms with Crippen molar-refractivity contribution in [3.63, 3.8) is 0 Å². The van der Waals surface area contributed by atoms with Gasteiger partial charge in [-0.2, -0.15) is 0 Å². The van der Waals surface area contributed by atoms with Crippen LogP contribution in [-0.4, -0.2) is 47.3 Å². The summed E-state index contributed by atoms with van der Waals surface area (Å²) in [7, 11) is 1.51. The summed E-state index contributed by atoms with van der Waals surface area (Å²) in [6.07, 6.45) is 1.62. The summed E-state index contributed by atoms with van der Waals surface area (Å²) in [6.45, 7) is 6.13. The van der Waals surface area contributed by atoms with E-state index in [1.807, 2.05) is 25.1 Å². The number of fused-ring (bicyclic) bond motifs is 2. The maximum atomic E-state index is 14.3. The highest BCUT2D eigenvalue weighted by molar-refractivity contribution is 8.00. The average Bonchev–Trinajstić information content (AvgIpc) is 3.86. The highest BCUT2D eigenvalue weighted by Crippen LogP contribution is 2.46. The molecule has 1 atom stereocenters. The summed E-state index contributed by atoms with van der Waals surface area (Å²) in [4.78, 5) is 29.5. The predicted octanol–water partition coefficient (Wildman–Crippen LogP) is 8.48. The molecule has 7 rings (SSSR count). The summed E-state index contributed by atoms with van der Waals surface area (Å²) in [5.41, 5.74) is 1.82. The Hall–Kier alpha value is -5.59. The molecule has 1 N–H and O–H groups in total. The molecule has 0 saturated carbocycles. The first-order valence-corrected chi connectivity index (χ1v) is 17.5. The molecule has 12 heteroatoms. The second-order valence-corrected chi connectivity index (χ2v) is 13.4. The molecule has 0 saturated heterocycles. The van der Waals surface area contributed by atoms with Gasteiger partial charge in [0.2, 0.25) is 10.9 Å². The van der Waals surface area contributed by atoms with Crippen LogP contribution in [0.15, 0.2) is 118 Å². The first-order chi connectivity index (χ1) is 24.4. The normalized spacial score (nSPS) is 14.5. The first kappa shape index (κ1) is 32.9. The molecule has 0 bridgehead atoms. The van der Waals surface area contributed by atoms with Gasteiger partial charge < -0.3 is 23.7 Å². The quantitative estimate of drug-likeness (QED) is 0.0541. The van der Waals surface area contributed by atoms with Gasteiger partial charge in [-0.3, -0.25) is 14.5 Å². The van der Waals surface area contributed by atoms with Crippen molar-refractivity contribution in [2.45, 2.75) is 23.1 Å². The molecule has 1 amide bonds. The minimum Gasteiger partial charge on any atom is -0.503 e. The summed E-state index contributed by atoms with van der Waals surface area (Å²) < 4.78 is 23.7. The number of furan rings is 1. The number of thioether (sulfide) groups is 1. The number of aliphatic hydroxyl groups excluding tert-OH is 1. The number of amides is 1. The Labute approximate surface area is 295 Å². The Morgan fingerprint density at radius 3 is 2.62 bits per heavy atom. The zero-order chi connectivity index (χ0) is 34.8. The SMILES string of the molecule is C=CCOc1ccc(C2C(C(=O)c3cc4cccc(OC)c4o3)=C(O)C(=O)N2c2nnc(SCc3cccc4ccccc34)s2)cc1OCC. The standard InChI is InChI=1S/C38H31N3O7S2/c1-4-18-47-27-17-16-23(19-29(27)46-5-2)32-31(33(42)30-20-24-12-9-15-28(45-3)35(24)48-30)34(43)36(44)41(32)37-39-40-38(50-37)49-21-25-13-8-11-22-10-6-7-14-26(22)25/h4,6-17,19-20,32,43H,1,5,18,21H2,2-3H3. The van der Waals surface area contributed by atoms with Crippen LogP contribution >= 0.6 is 23.1 Å². The van der Waals surface area contributed by atoms with Crippen molar-refractivity contribution in [1.29, 1.82) is 0 Å². The number of methoxy groups -OCH3 is 1. The summed E-state index contributed by atoms with van der Waals surface area (Å²) in [5.74, 6) is -0.309. The van der Waals surface area contributed by atoms with Gasteiger partial charge in [0.05, 0.1) is 25.3 Å². The molecule has 6 aromatic rings. The minimum atomic E-state index is -1.10. The molecule has 3 heterocycles. The van der Waals surface area contributed by atoms with Crippen LogP contribution in [0.2, 0.25) is 0 Å². The molecule has 1 aliphatic rings. The second-order valence-electron chi connectivity index (χ2n) is 11.2. The molecule has 1 aliphatic heterocycles. The van der Waals surface area contributed by atoms with Crippen molar-refractivity contribution in [2.75, 3.05) is 25.2 Å². The number of benzene rings is 4. The number of aliphatic hydroxyl groups is 1. The molecule has 4 aromatic carbocycles. The Morgan fingerprint density at radius 1 is 1.00 bits per heavy atom. The minimum absolute atomic E-state index is 0.0646. The number of rotatable bonds is 13. The van der Waals surface area contributed by atoms with E-state index in [1.54, 1.807) is 48.5 Å². The number of ketones is 1. The molecular formula is C38H31N3O7S2. The van der Waals surface area contributed by atoms with E-state index in [4.69, 9.17) is 18.6 Å². The molecule has 0 radical (unpaired) electrons. The van der Waals surface area contributed by atoms with E-state index in [0.29, 0.717) is 50.5 Å². The van der Waals surface area contributed by atoms with Gasteiger partial charge in [0.1, 0.15) is 6.61 Å². The van der Waals surface area contributed by atoms with Crippen LogP contribution in [0, 0.1) is 0 Å². The van der Waals surface area contributed by atoms with Crippen LogP contribution in [0.5, 0.6) is 17.2 Å². The third kappa shape index (κ3) is 6.08. The zero-order valence-electron chi connectivity index (χ0n) is 27.1. The largest absolute Gasteiger partial charge is 0.503 e. The molecular weight excluding hydrogens is 675 g/mol. The number of nitrogens with zero attached hydrogens (tertiary/aromatic N) is 3. The van der Waals surface area contributed by atoms with Gasteiger partial charge in [-0.25, -0.2) is 0 Å². The van der Waals surface area contributed by atoms with E-state index < -0.39 is 23.5 Å². The van der Waals surface area contributed by atoms with Crippen LogP contribution in [0.4, 0.5) is 5.13 Å². The number of ether oxygens (including phenoxy) is 3. The molecule has 0 aliphatic carbocycles. The molecule has 50 heavy (non-hydrogen) atoms. The molecule has 10 nitrogen and oxygen atoms in total. The highest BCUT2D eigenvalue weighted by Gasteiger charge is 2.47. The Morgan fingerprint density at radius 2 is 1.80 bits per heavy atom. The zero-order valence-corrected chi connectivity index (χ0v) is 28.8. The highest BCUT2D eigenvalue weighted by atomic mass is 32.2. The monoisotopic (exact) mass is 705 g/mol. The summed E-state index contributed by atoms with van der Waals surface area (Å²) >= 11 is 2.68. The number of carbonyl (C=O) groups is 2. The fraction of sp³-hybridized carbons (Fsp3) is 0.158. The van der Waals surface area contributed by atoms with Gasteiger partial charge in [-0.05, 0) is 53.1 Å². The van der Waals surface area contributed by atoms with E-state index in [2.05, 4.69) is 41.0 Å². The van der Waals surface area contributed by atoms with Crippen LogP contribution in [0.3, 0.4) is 0 Å². The number of Topliss-reactive ketones (excluding diaryl/α,β-unsaturated/α-hetero) is 1. The van der Waals surface area contributed by atoms with Gasteiger partial charge in [0, 0.05) is 11.1 Å². The number of hydrogen-bond acceptors (Lipinski definition) is 11. The first-order valence-electron chi connectivity index (χ1n) is 15.7. The van der Waals surface area contributed by atoms with Gasteiger partial charge in [0.15, 0.2) is 38.7 Å². The van der Waals surface area contributed by atoms with E-state index in [9.17, 15) is 14.7 Å². The van der Waals surface area contributed by atoms with E-state index in [1.165, 1.54) is 35.1 Å². The number of anilines is 1. The smallest absolute Gasteiger partial charge is 0.296 e. The maximum Gasteiger partial charge on any atom is 0.296 e. The number of para-hydroxylation sites is 1. The number of carbonyl (C=O) groups excluding carboxylic acids is 2. The van der Waals surface area contributed by atoms with Crippen molar-refractivity contribution in [2.24, 2.45) is 0 Å². The lowest BCUT2D eigenvalue weighted by atomic mass is 9.95. The predicted molar refractivity (Wildman–Crippen MR) is 194 cm³/mol. The number of aromatic nitrogens is 2. The Kier molecular flexibility index (Phi) is 9.29. The van der Waals surface area contributed by atoms with Gasteiger partial charge >= 0.3 is 0 Å². The Balaban J connectivity index is 1.27. The van der Waals surface area contributed by atoms with E-state index in [-0.39, 0.29) is 23.1 Å². The maximum absolute atomic E-state index is 14.3.